The Morgan fingerprint density at radius 2 is 1.93 bits per heavy atom. The van der Waals surface area contributed by atoms with Crippen molar-refractivity contribution in [2.75, 3.05) is 25.1 Å². The molecule has 156 valence electrons. The Kier molecular flexibility index (Phi) is 6.23. The molecule has 3 aromatic rings. The maximum absolute atomic E-state index is 12.4. The third-order valence-electron chi connectivity index (χ3n) is 5.46. The van der Waals surface area contributed by atoms with Crippen molar-refractivity contribution in [1.82, 2.24) is 15.5 Å². The highest BCUT2D eigenvalue weighted by molar-refractivity contribution is 6.31. The summed E-state index contributed by atoms with van der Waals surface area (Å²) in [5.41, 5.74) is 2.90. The Balaban J connectivity index is 1.30. The third-order valence-corrected chi connectivity index (χ3v) is 5.83. The highest BCUT2D eigenvalue weighted by Crippen LogP contribution is 2.26. The van der Waals surface area contributed by atoms with E-state index in [2.05, 4.69) is 26.5 Å². The largest absolute Gasteiger partial charge is 0.497 e. The number of ether oxygens (including phenoxy) is 1. The van der Waals surface area contributed by atoms with Crippen molar-refractivity contribution in [3.05, 3.63) is 65.2 Å². The number of aromatic nitrogens is 2. The monoisotopic (exact) mass is 424 g/mol. The number of hydrogen-bond acceptors (Lipinski definition) is 4. The molecule has 1 amide bonds. The SMILES string of the molecule is COc1ccc(-c2cc(N3CCC(NC(=O)Cc4ccccc4Cl)CC3)n[nH]2)cc1. The number of halogens is 1. The molecule has 4 rings (SSSR count). The molecule has 1 saturated heterocycles. The van der Waals surface area contributed by atoms with Gasteiger partial charge in [0.05, 0.1) is 19.2 Å². The molecule has 2 N–H and O–H groups in total. The van der Waals surface area contributed by atoms with E-state index in [0.717, 1.165) is 54.3 Å². The maximum Gasteiger partial charge on any atom is 0.224 e. The fourth-order valence-electron chi connectivity index (χ4n) is 3.74. The van der Waals surface area contributed by atoms with Gasteiger partial charge in [-0.25, -0.2) is 0 Å². The summed E-state index contributed by atoms with van der Waals surface area (Å²) in [4.78, 5) is 14.6. The second-order valence-corrected chi connectivity index (χ2v) is 7.87. The van der Waals surface area contributed by atoms with Crippen molar-refractivity contribution < 1.29 is 9.53 Å². The zero-order valence-corrected chi connectivity index (χ0v) is 17.7. The zero-order chi connectivity index (χ0) is 20.9. The van der Waals surface area contributed by atoms with Crippen LogP contribution in [0.3, 0.4) is 0 Å². The first-order valence-corrected chi connectivity index (χ1v) is 10.5. The van der Waals surface area contributed by atoms with Gasteiger partial charge in [0.15, 0.2) is 5.82 Å². The van der Waals surface area contributed by atoms with E-state index in [0.29, 0.717) is 11.4 Å². The van der Waals surface area contributed by atoms with Gasteiger partial charge in [0.25, 0.3) is 0 Å². The molecule has 0 saturated carbocycles. The van der Waals surface area contributed by atoms with Gasteiger partial charge in [0, 0.05) is 30.2 Å². The molecular weight excluding hydrogens is 400 g/mol. The van der Waals surface area contributed by atoms with Crippen LogP contribution in [0.4, 0.5) is 5.82 Å². The summed E-state index contributed by atoms with van der Waals surface area (Å²) < 4.78 is 5.21. The minimum atomic E-state index is 0.0168. The molecule has 30 heavy (non-hydrogen) atoms. The molecule has 7 heteroatoms. The topological polar surface area (TPSA) is 70.2 Å². The number of methoxy groups -OCH3 is 1. The first-order chi connectivity index (χ1) is 14.6. The summed E-state index contributed by atoms with van der Waals surface area (Å²) in [5, 5.41) is 11.4. The van der Waals surface area contributed by atoms with E-state index in [1.807, 2.05) is 48.5 Å². The van der Waals surface area contributed by atoms with E-state index in [9.17, 15) is 4.79 Å². The van der Waals surface area contributed by atoms with E-state index in [1.165, 1.54) is 0 Å². The highest BCUT2D eigenvalue weighted by Gasteiger charge is 2.22. The van der Waals surface area contributed by atoms with Crippen LogP contribution in [0.1, 0.15) is 18.4 Å². The molecule has 0 bridgehead atoms. The summed E-state index contributed by atoms with van der Waals surface area (Å²) in [6, 6.07) is 17.6. The van der Waals surface area contributed by atoms with Crippen LogP contribution in [0, 0.1) is 0 Å². The lowest BCUT2D eigenvalue weighted by Crippen LogP contribution is -2.45. The molecule has 0 spiro atoms. The van der Waals surface area contributed by atoms with Gasteiger partial charge in [-0.15, -0.1) is 0 Å². The minimum absolute atomic E-state index is 0.0168. The summed E-state index contributed by atoms with van der Waals surface area (Å²) in [7, 11) is 1.66. The predicted octanol–water partition coefficient (Wildman–Crippen LogP) is 4.07. The van der Waals surface area contributed by atoms with Crippen LogP contribution in [0.2, 0.25) is 5.02 Å². The van der Waals surface area contributed by atoms with Crippen LogP contribution in [0.5, 0.6) is 5.75 Å². The second-order valence-electron chi connectivity index (χ2n) is 7.47. The van der Waals surface area contributed by atoms with E-state index in [4.69, 9.17) is 16.3 Å². The number of nitrogens with zero attached hydrogens (tertiary/aromatic N) is 2. The zero-order valence-electron chi connectivity index (χ0n) is 16.9. The molecule has 0 unspecified atom stereocenters. The van der Waals surface area contributed by atoms with Crippen molar-refractivity contribution in [3.8, 4) is 17.0 Å². The number of nitrogens with one attached hydrogen (secondary N) is 2. The van der Waals surface area contributed by atoms with Gasteiger partial charge < -0.3 is 15.0 Å². The van der Waals surface area contributed by atoms with Crippen molar-refractivity contribution in [2.24, 2.45) is 0 Å². The smallest absolute Gasteiger partial charge is 0.224 e. The Morgan fingerprint density at radius 1 is 1.20 bits per heavy atom. The second kappa shape index (κ2) is 9.22. The molecule has 0 aliphatic carbocycles. The van der Waals surface area contributed by atoms with E-state index >= 15 is 0 Å². The van der Waals surface area contributed by atoms with Crippen LogP contribution in [0.25, 0.3) is 11.3 Å². The number of hydrogen-bond donors (Lipinski definition) is 2. The predicted molar refractivity (Wildman–Crippen MR) is 119 cm³/mol. The Bertz CT molecular complexity index is 994. The summed E-state index contributed by atoms with van der Waals surface area (Å²) in [5.74, 6) is 1.78. The van der Waals surface area contributed by atoms with Crippen molar-refractivity contribution in [3.63, 3.8) is 0 Å². The number of piperidine rings is 1. The quantitative estimate of drug-likeness (QED) is 0.625. The summed E-state index contributed by atoms with van der Waals surface area (Å²) in [6.07, 6.45) is 2.09. The molecule has 2 heterocycles. The lowest BCUT2D eigenvalue weighted by molar-refractivity contribution is -0.121. The lowest BCUT2D eigenvalue weighted by atomic mass is 10.0. The van der Waals surface area contributed by atoms with Gasteiger partial charge in [-0.05, 0) is 54.3 Å². The maximum atomic E-state index is 12.4. The van der Waals surface area contributed by atoms with E-state index in [1.54, 1.807) is 7.11 Å². The van der Waals surface area contributed by atoms with Crippen molar-refractivity contribution in [1.29, 1.82) is 0 Å². The normalized spacial score (nSPS) is 14.5. The first-order valence-electron chi connectivity index (χ1n) is 10.1. The first kappa shape index (κ1) is 20.3. The van der Waals surface area contributed by atoms with Gasteiger partial charge >= 0.3 is 0 Å². The lowest BCUT2D eigenvalue weighted by Gasteiger charge is -2.32. The van der Waals surface area contributed by atoms with Crippen molar-refractivity contribution in [2.45, 2.75) is 25.3 Å². The van der Waals surface area contributed by atoms with Crippen LogP contribution >= 0.6 is 11.6 Å². The number of carbonyl (C=O) groups excluding carboxylic acids is 1. The van der Waals surface area contributed by atoms with Gasteiger partial charge in [-0.1, -0.05) is 29.8 Å². The molecular formula is C23H25ClN4O2. The fraction of sp³-hybridized carbons (Fsp3) is 0.304. The number of H-pyrrole nitrogens is 1. The summed E-state index contributed by atoms with van der Waals surface area (Å²) in [6.45, 7) is 1.70. The van der Waals surface area contributed by atoms with E-state index in [-0.39, 0.29) is 11.9 Å². The van der Waals surface area contributed by atoms with Gasteiger partial charge in [0.2, 0.25) is 5.91 Å². The van der Waals surface area contributed by atoms with Crippen LogP contribution < -0.4 is 15.0 Å². The molecule has 6 nitrogen and oxygen atoms in total. The van der Waals surface area contributed by atoms with Gasteiger partial charge in [-0.3, -0.25) is 9.89 Å². The van der Waals surface area contributed by atoms with E-state index < -0.39 is 0 Å². The average molecular weight is 425 g/mol. The average Bonchev–Trinajstić information content (AvgIpc) is 3.26. The van der Waals surface area contributed by atoms with Crippen LogP contribution in [-0.4, -0.2) is 42.3 Å². The standard InChI is InChI=1S/C23H25ClN4O2/c1-30-19-8-6-16(7-9-19)21-15-22(27-26-21)28-12-10-18(11-13-28)25-23(29)14-17-4-2-3-5-20(17)24/h2-9,15,18H,10-14H2,1H3,(H,25,29)(H,26,27). The molecule has 1 aliphatic rings. The Morgan fingerprint density at radius 3 is 2.63 bits per heavy atom. The highest BCUT2D eigenvalue weighted by atomic mass is 35.5. The molecule has 2 aromatic carbocycles. The molecule has 1 fully saturated rings. The van der Waals surface area contributed by atoms with Gasteiger partial charge in [0.1, 0.15) is 5.75 Å². The van der Waals surface area contributed by atoms with Crippen molar-refractivity contribution >= 4 is 23.3 Å². The van der Waals surface area contributed by atoms with Crippen LogP contribution in [0.15, 0.2) is 54.6 Å². The number of carbonyl (C=O) groups is 1. The molecule has 0 radical (unpaired) electrons. The van der Waals surface area contributed by atoms with Crippen LogP contribution in [-0.2, 0) is 11.2 Å². The Labute approximate surface area is 181 Å². The minimum Gasteiger partial charge on any atom is -0.497 e. The third kappa shape index (κ3) is 4.76. The van der Waals surface area contributed by atoms with Gasteiger partial charge in [-0.2, -0.15) is 5.10 Å². The summed E-state index contributed by atoms with van der Waals surface area (Å²) >= 11 is 6.16. The number of rotatable bonds is 6. The fourth-order valence-corrected chi connectivity index (χ4v) is 3.94. The number of amides is 1. The molecule has 0 atom stereocenters. The number of aromatic amines is 1. The number of anilines is 1. The number of benzene rings is 2. The molecule has 1 aliphatic heterocycles. The molecule has 1 aromatic heterocycles. The Hall–Kier alpha value is -2.99.